The molecule has 0 unspecified atom stereocenters. The number of hydrogen-bond donors (Lipinski definition) is 0. The van der Waals surface area contributed by atoms with E-state index in [4.69, 9.17) is 21.1 Å². The lowest BCUT2D eigenvalue weighted by Crippen LogP contribution is -2.05. The number of carbonyl (C=O) groups excluding carboxylic acids is 1. The summed E-state index contributed by atoms with van der Waals surface area (Å²) in [6, 6.07) is 1.82. The Morgan fingerprint density at radius 1 is 1.29 bits per heavy atom. The zero-order valence-electron chi connectivity index (χ0n) is 10.8. The third kappa shape index (κ3) is 2.55. The van der Waals surface area contributed by atoms with Crippen molar-refractivity contribution in [3.8, 4) is 11.5 Å². The van der Waals surface area contributed by atoms with Crippen molar-refractivity contribution in [3.63, 3.8) is 0 Å². The Balaban J connectivity index is 3.63. The van der Waals surface area contributed by atoms with Gasteiger partial charge in [0.25, 0.3) is 0 Å². The molecule has 0 aliphatic rings. The van der Waals surface area contributed by atoms with E-state index in [1.807, 2.05) is 19.9 Å². The zero-order chi connectivity index (χ0) is 13.2. The molecule has 0 N–H and O–H groups in total. The molecule has 0 bridgehead atoms. The van der Waals surface area contributed by atoms with Crippen molar-refractivity contribution in [1.29, 1.82) is 0 Å². The standard InChI is InChI=1S/C13H17ClO3/c1-7(2)9-6-10(16-4)13(17-5)11(8(3)15)12(9)14/h6-7H,1-5H3. The molecule has 0 radical (unpaired) electrons. The smallest absolute Gasteiger partial charge is 0.173 e. The van der Waals surface area contributed by atoms with Crippen LogP contribution in [0.5, 0.6) is 11.5 Å². The van der Waals surface area contributed by atoms with Gasteiger partial charge in [-0.15, -0.1) is 0 Å². The van der Waals surface area contributed by atoms with E-state index >= 15 is 0 Å². The molecule has 0 aromatic heterocycles. The fourth-order valence-electron chi connectivity index (χ4n) is 1.73. The topological polar surface area (TPSA) is 35.5 Å². The van der Waals surface area contributed by atoms with Gasteiger partial charge in [0, 0.05) is 0 Å². The van der Waals surface area contributed by atoms with Gasteiger partial charge in [-0.1, -0.05) is 25.4 Å². The minimum absolute atomic E-state index is 0.132. The SMILES string of the molecule is COc1cc(C(C)C)c(Cl)c(C(C)=O)c1OC. The molecule has 0 atom stereocenters. The van der Waals surface area contributed by atoms with E-state index in [-0.39, 0.29) is 11.7 Å². The first-order valence-corrected chi connectivity index (χ1v) is 5.77. The largest absolute Gasteiger partial charge is 0.493 e. The average Bonchev–Trinajstić information content (AvgIpc) is 2.26. The predicted molar refractivity (Wildman–Crippen MR) is 68.6 cm³/mol. The molecular formula is C13H17ClO3. The number of Topliss-reactive ketones (excluding diaryl/α,β-unsaturated/α-hetero) is 1. The number of ketones is 1. The maximum atomic E-state index is 11.7. The van der Waals surface area contributed by atoms with Crippen LogP contribution in [0.1, 0.15) is 42.6 Å². The van der Waals surface area contributed by atoms with Gasteiger partial charge in [-0.25, -0.2) is 0 Å². The van der Waals surface area contributed by atoms with E-state index in [0.717, 1.165) is 5.56 Å². The fraction of sp³-hybridized carbons (Fsp3) is 0.462. The monoisotopic (exact) mass is 256 g/mol. The summed E-state index contributed by atoms with van der Waals surface area (Å²) >= 11 is 6.26. The molecule has 0 spiro atoms. The molecule has 4 heteroatoms. The van der Waals surface area contributed by atoms with Crippen LogP contribution in [0, 0.1) is 0 Å². The molecular weight excluding hydrogens is 240 g/mol. The number of benzene rings is 1. The summed E-state index contributed by atoms with van der Waals surface area (Å²) in [6.45, 7) is 5.49. The van der Waals surface area contributed by atoms with Crippen molar-refractivity contribution < 1.29 is 14.3 Å². The molecule has 0 aliphatic heterocycles. The third-order valence-corrected chi connectivity index (χ3v) is 3.02. The van der Waals surface area contributed by atoms with Crippen LogP contribution >= 0.6 is 11.6 Å². The van der Waals surface area contributed by atoms with E-state index in [9.17, 15) is 4.79 Å². The summed E-state index contributed by atoms with van der Waals surface area (Å²) < 4.78 is 10.5. The Morgan fingerprint density at radius 2 is 1.88 bits per heavy atom. The summed E-state index contributed by atoms with van der Waals surface area (Å²) in [5.41, 5.74) is 1.27. The number of carbonyl (C=O) groups is 1. The summed E-state index contributed by atoms with van der Waals surface area (Å²) in [6.07, 6.45) is 0. The first-order chi connectivity index (χ1) is 7.93. The van der Waals surface area contributed by atoms with E-state index < -0.39 is 0 Å². The second kappa shape index (κ2) is 5.41. The highest BCUT2D eigenvalue weighted by Crippen LogP contribution is 2.41. The van der Waals surface area contributed by atoms with Crippen LogP contribution in [0.2, 0.25) is 5.02 Å². The molecule has 1 aromatic carbocycles. The second-order valence-corrected chi connectivity index (χ2v) is 4.48. The highest BCUT2D eigenvalue weighted by Gasteiger charge is 2.22. The van der Waals surface area contributed by atoms with Crippen molar-refractivity contribution in [2.45, 2.75) is 26.7 Å². The van der Waals surface area contributed by atoms with Crippen molar-refractivity contribution >= 4 is 17.4 Å². The Labute approximate surface area is 107 Å². The number of rotatable bonds is 4. The van der Waals surface area contributed by atoms with Crippen molar-refractivity contribution in [2.24, 2.45) is 0 Å². The molecule has 17 heavy (non-hydrogen) atoms. The lowest BCUT2D eigenvalue weighted by molar-refractivity contribution is 0.101. The number of halogens is 1. The molecule has 0 aliphatic carbocycles. The molecule has 0 heterocycles. The Kier molecular flexibility index (Phi) is 4.40. The maximum absolute atomic E-state index is 11.7. The van der Waals surface area contributed by atoms with E-state index in [2.05, 4.69) is 0 Å². The Morgan fingerprint density at radius 3 is 2.24 bits per heavy atom. The van der Waals surface area contributed by atoms with Crippen LogP contribution < -0.4 is 9.47 Å². The molecule has 0 saturated heterocycles. The fourth-order valence-corrected chi connectivity index (χ4v) is 2.22. The number of methoxy groups -OCH3 is 2. The third-order valence-electron chi connectivity index (χ3n) is 2.61. The second-order valence-electron chi connectivity index (χ2n) is 4.10. The van der Waals surface area contributed by atoms with Crippen molar-refractivity contribution in [1.82, 2.24) is 0 Å². The van der Waals surface area contributed by atoms with Crippen LogP contribution in [0.25, 0.3) is 0 Å². The summed E-state index contributed by atoms with van der Waals surface area (Å²) in [4.78, 5) is 11.7. The normalized spacial score (nSPS) is 10.5. The van der Waals surface area contributed by atoms with Gasteiger partial charge >= 0.3 is 0 Å². The van der Waals surface area contributed by atoms with Gasteiger partial charge in [0.1, 0.15) is 0 Å². The van der Waals surface area contributed by atoms with E-state index in [0.29, 0.717) is 22.1 Å². The number of ether oxygens (including phenoxy) is 2. The molecule has 0 amide bonds. The molecule has 0 saturated carbocycles. The zero-order valence-corrected chi connectivity index (χ0v) is 11.5. The quantitative estimate of drug-likeness (QED) is 0.771. The van der Waals surface area contributed by atoms with Crippen molar-refractivity contribution in [3.05, 3.63) is 22.2 Å². The van der Waals surface area contributed by atoms with Crippen molar-refractivity contribution in [2.75, 3.05) is 14.2 Å². The van der Waals surface area contributed by atoms with E-state index in [1.54, 1.807) is 7.11 Å². The predicted octanol–water partition coefficient (Wildman–Crippen LogP) is 3.68. The van der Waals surface area contributed by atoms with Gasteiger partial charge in [-0.2, -0.15) is 0 Å². The molecule has 1 rings (SSSR count). The highest BCUT2D eigenvalue weighted by molar-refractivity contribution is 6.35. The molecule has 1 aromatic rings. The van der Waals surface area contributed by atoms with Crippen LogP contribution in [-0.2, 0) is 0 Å². The first kappa shape index (κ1) is 13.8. The van der Waals surface area contributed by atoms with Gasteiger partial charge in [0.05, 0.1) is 24.8 Å². The molecule has 94 valence electrons. The van der Waals surface area contributed by atoms with Gasteiger partial charge in [-0.05, 0) is 24.5 Å². The van der Waals surface area contributed by atoms with Gasteiger partial charge < -0.3 is 9.47 Å². The van der Waals surface area contributed by atoms with E-state index in [1.165, 1.54) is 14.0 Å². The highest BCUT2D eigenvalue weighted by atomic mass is 35.5. The van der Waals surface area contributed by atoms with Gasteiger partial charge in [0.2, 0.25) is 0 Å². The minimum Gasteiger partial charge on any atom is -0.493 e. The average molecular weight is 257 g/mol. The molecule has 0 fully saturated rings. The van der Waals surface area contributed by atoms with Crippen LogP contribution in [0.15, 0.2) is 6.07 Å². The Hall–Kier alpha value is -1.22. The number of hydrogen-bond acceptors (Lipinski definition) is 3. The van der Waals surface area contributed by atoms with Gasteiger partial charge in [0.15, 0.2) is 17.3 Å². The summed E-state index contributed by atoms with van der Waals surface area (Å²) in [7, 11) is 3.04. The van der Waals surface area contributed by atoms with Crippen LogP contribution in [0.3, 0.4) is 0 Å². The summed E-state index contributed by atoms with van der Waals surface area (Å²) in [5.74, 6) is 1.01. The lowest BCUT2D eigenvalue weighted by Gasteiger charge is -2.17. The lowest BCUT2D eigenvalue weighted by atomic mass is 9.97. The Bertz CT molecular complexity index is 439. The maximum Gasteiger partial charge on any atom is 0.173 e. The van der Waals surface area contributed by atoms with Gasteiger partial charge in [-0.3, -0.25) is 4.79 Å². The molecule has 3 nitrogen and oxygen atoms in total. The van der Waals surface area contributed by atoms with Crippen LogP contribution in [-0.4, -0.2) is 20.0 Å². The minimum atomic E-state index is -0.132. The summed E-state index contributed by atoms with van der Waals surface area (Å²) in [5, 5.41) is 0.449. The first-order valence-electron chi connectivity index (χ1n) is 5.39. The van der Waals surface area contributed by atoms with Crippen LogP contribution in [0.4, 0.5) is 0 Å².